The summed E-state index contributed by atoms with van der Waals surface area (Å²) in [6.45, 7) is 8.35. The Bertz CT molecular complexity index is 1240. The van der Waals surface area contributed by atoms with Crippen molar-refractivity contribution in [3.8, 4) is 0 Å². The van der Waals surface area contributed by atoms with E-state index in [1.165, 1.54) is 34.2 Å². The first-order chi connectivity index (χ1) is 16.6. The van der Waals surface area contributed by atoms with Gasteiger partial charge in [-0.3, -0.25) is 19.1 Å². The Morgan fingerprint density at radius 2 is 1.88 bits per heavy atom. The van der Waals surface area contributed by atoms with Gasteiger partial charge in [0.15, 0.2) is 5.16 Å². The molecule has 1 fully saturated rings. The lowest BCUT2D eigenvalue weighted by molar-refractivity contribution is -0.130. The van der Waals surface area contributed by atoms with Gasteiger partial charge in [-0.1, -0.05) is 48.2 Å². The molecule has 0 unspecified atom stereocenters. The Morgan fingerprint density at radius 1 is 1.12 bits per heavy atom. The number of fused-ring (bicyclic) bond motifs is 3. The van der Waals surface area contributed by atoms with Crippen molar-refractivity contribution in [2.24, 2.45) is 0 Å². The van der Waals surface area contributed by atoms with Crippen molar-refractivity contribution in [2.75, 3.05) is 31.9 Å². The molecule has 6 nitrogen and oxygen atoms in total. The Morgan fingerprint density at radius 3 is 2.65 bits per heavy atom. The van der Waals surface area contributed by atoms with E-state index in [4.69, 9.17) is 4.98 Å². The van der Waals surface area contributed by atoms with Gasteiger partial charge in [-0.25, -0.2) is 4.98 Å². The standard InChI is InChI=1S/C26H30N4O2S2/c1-2-12-30-25(32)23-20-10-6-7-11-21(20)34-24(23)27-26(30)33-18-22(31)29-15-13-28(14-16-29)17-19-8-4-3-5-9-19/h2-5,8-9H,1,6-7,10-18H2. The maximum atomic E-state index is 13.4. The van der Waals surface area contributed by atoms with Crippen molar-refractivity contribution in [1.82, 2.24) is 19.4 Å². The number of rotatable bonds is 7. The molecular formula is C26H30N4O2S2. The van der Waals surface area contributed by atoms with Crippen LogP contribution in [0.5, 0.6) is 0 Å². The maximum Gasteiger partial charge on any atom is 0.263 e. The second kappa shape index (κ2) is 10.5. The first kappa shape index (κ1) is 23.3. The summed E-state index contributed by atoms with van der Waals surface area (Å²) in [5, 5.41) is 1.40. The first-order valence-corrected chi connectivity index (χ1v) is 13.8. The predicted octanol–water partition coefficient (Wildman–Crippen LogP) is 3.96. The molecule has 1 aliphatic carbocycles. The molecule has 0 radical (unpaired) electrons. The highest BCUT2D eigenvalue weighted by Gasteiger charge is 2.24. The van der Waals surface area contributed by atoms with Crippen LogP contribution in [0, 0.1) is 0 Å². The van der Waals surface area contributed by atoms with Crippen LogP contribution < -0.4 is 5.56 Å². The van der Waals surface area contributed by atoms with Gasteiger partial charge >= 0.3 is 0 Å². The number of carbonyl (C=O) groups excluding carboxylic acids is 1. The lowest BCUT2D eigenvalue weighted by Crippen LogP contribution is -2.48. The molecule has 178 valence electrons. The highest BCUT2D eigenvalue weighted by atomic mass is 32.2. The van der Waals surface area contributed by atoms with Crippen LogP contribution in [0.25, 0.3) is 10.2 Å². The summed E-state index contributed by atoms with van der Waals surface area (Å²) in [5.74, 6) is 0.396. The normalized spacial score (nSPS) is 16.5. The number of allylic oxidation sites excluding steroid dienone is 1. The average molecular weight is 495 g/mol. The van der Waals surface area contributed by atoms with Crippen LogP contribution >= 0.6 is 23.1 Å². The van der Waals surface area contributed by atoms with Crippen molar-refractivity contribution in [3.05, 3.63) is 69.3 Å². The molecule has 1 aromatic carbocycles. The molecule has 0 bridgehead atoms. The summed E-state index contributed by atoms with van der Waals surface area (Å²) in [6, 6.07) is 10.4. The molecule has 0 N–H and O–H groups in total. The zero-order valence-corrected chi connectivity index (χ0v) is 21.0. The van der Waals surface area contributed by atoms with Crippen LogP contribution in [0.3, 0.4) is 0 Å². The molecule has 1 saturated heterocycles. The zero-order valence-electron chi connectivity index (χ0n) is 19.4. The van der Waals surface area contributed by atoms with Crippen molar-refractivity contribution < 1.29 is 4.79 Å². The van der Waals surface area contributed by atoms with Crippen molar-refractivity contribution in [3.63, 3.8) is 0 Å². The molecule has 2 aliphatic rings. The lowest BCUT2D eigenvalue weighted by Gasteiger charge is -2.34. The number of aromatic nitrogens is 2. The number of nitrogens with zero attached hydrogens (tertiary/aromatic N) is 4. The van der Waals surface area contributed by atoms with E-state index in [2.05, 4.69) is 35.7 Å². The summed E-state index contributed by atoms with van der Waals surface area (Å²) in [5.41, 5.74) is 2.51. The number of carbonyl (C=O) groups is 1. The predicted molar refractivity (Wildman–Crippen MR) is 140 cm³/mol. The molecular weight excluding hydrogens is 464 g/mol. The summed E-state index contributed by atoms with van der Waals surface area (Å²) >= 11 is 3.03. The summed E-state index contributed by atoms with van der Waals surface area (Å²) in [7, 11) is 0. The minimum atomic E-state index is 0.00813. The number of aryl methyl sites for hydroxylation is 2. The molecule has 3 heterocycles. The van der Waals surface area contributed by atoms with E-state index >= 15 is 0 Å². The van der Waals surface area contributed by atoms with Gasteiger partial charge in [0.1, 0.15) is 4.83 Å². The van der Waals surface area contributed by atoms with Gasteiger partial charge in [-0.15, -0.1) is 17.9 Å². The first-order valence-electron chi connectivity index (χ1n) is 12.0. The lowest BCUT2D eigenvalue weighted by atomic mass is 9.97. The van der Waals surface area contributed by atoms with Gasteiger partial charge in [-0.05, 0) is 36.8 Å². The van der Waals surface area contributed by atoms with Gasteiger partial charge in [0.25, 0.3) is 5.56 Å². The number of hydrogen-bond acceptors (Lipinski definition) is 6. The Kier molecular flexibility index (Phi) is 7.18. The number of piperazine rings is 1. The van der Waals surface area contributed by atoms with Crippen molar-refractivity contribution >= 4 is 39.2 Å². The number of hydrogen-bond donors (Lipinski definition) is 0. The fraction of sp³-hybridized carbons (Fsp3) is 0.423. The molecule has 3 aromatic rings. The zero-order chi connectivity index (χ0) is 23.5. The van der Waals surface area contributed by atoms with Gasteiger partial charge < -0.3 is 4.90 Å². The third kappa shape index (κ3) is 4.85. The van der Waals surface area contributed by atoms with Crippen LogP contribution in [-0.2, 0) is 30.7 Å². The molecule has 34 heavy (non-hydrogen) atoms. The quantitative estimate of drug-likeness (QED) is 0.283. The van der Waals surface area contributed by atoms with E-state index in [-0.39, 0.29) is 11.5 Å². The third-order valence-corrected chi connectivity index (χ3v) is 8.80. The van der Waals surface area contributed by atoms with Crippen molar-refractivity contribution in [2.45, 2.75) is 43.9 Å². The smallest absolute Gasteiger partial charge is 0.263 e. The summed E-state index contributed by atoms with van der Waals surface area (Å²) in [6.07, 6.45) is 6.03. The van der Waals surface area contributed by atoms with Crippen molar-refractivity contribution in [1.29, 1.82) is 0 Å². The van der Waals surface area contributed by atoms with Crippen LogP contribution in [0.4, 0.5) is 0 Å². The number of thioether (sulfide) groups is 1. The molecule has 0 saturated carbocycles. The molecule has 5 rings (SSSR count). The van der Waals surface area contributed by atoms with Gasteiger partial charge in [0.05, 0.1) is 11.1 Å². The van der Waals surface area contributed by atoms with Crippen LogP contribution in [0.15, 0.2) is 52.9 Å². The number of benzene rings is 1. The second-order valence-electron chi connectivity index (χ2n) is 8.92. The van der Waals surface area contributed by atoms with E-state index in [0.717, 1.165) is 62.2 Å². The summed E-state index contributed by atoms with van der Waals surface area (Å²) in [4.78, 5) is 37.7. The van der Waals surface area contributed by atoms with Crippen LogP contribution in [-0.4, -0.2) is 57.2 Å². The van der Waals surface area contributed by atoms with E-state index in [1.807, 2.05) is 11.0 Å². The molecule has 1 amide bonds. The fourth-order valence-electron chi connectivity index (χ4n) is 4.83. The van der Waals surface area contributed by atoms with E-state index < -0.39 is 0 Å². The Balaban J connectivity index is 1.25. The molecule has 2 aromatic heterocycles. The third-order valence-electron chi connectivity index (χ3n) is 6.65. The molecule has 0 spiro atoms. The highest BCUT2D eigenvalue weighted by molar-refractivity contribution is 7.99. The van der Waals surface area contributed by atoms with Gasteiger partial charge in [-0.2, -0.15) is 0 Å². The SMILES string of the molecule is C=CCn1c(SCC(=O)N2CCN(Cc3ccccc3)CC2)nc2sc3c(c2c1=O)CCCC3. The average Bonchev–Trinajstić information content (AvgIpc) is 3.24. The van der Waals surface area contributed by atoms with Gasteiger partial charge in [0, 0.05) is 44.1 Å². The second-order valence-corrected chi connectivity index (χ2v) is 10.9. The fourth-order valence-corrected chi connectivity index (χ4v) is 7.05. The minimum absolute atomic E-state index is 0.00813. The number of thiophene rings is 1. The Labute approximate surface area is 208 Å². The molecule has 8 heteroatoms. The maximum absolute atomic E-state index is 13.4. The summed E-state index contributed by atoms with van der Waals surface area (Å²) < 4.78 is 1.69. The molecule has 1 aliphatic heterocycles. The van der Waals surface area contributed by atoms with E-state index in [9.17, 15) is 9.59 Å². The number of amides is 1. The van der Waals surface area contributed by atoms with Gasteiger partial charge in [0.2, 0.25) is 5.91 Å². The van der Waals surface area contributed by atoms with Crippen LogP contribution in [0.1, 0.15) is 28.8 Å². The minimum Gasteiger partial charge on any atom is -0.339 e. The van der Waals surface area contributed by atoms with E-state index in [0.29, 0.717) is 17.5 Å². The monoisotopic (exact) mass is 494 g/mol. The van der Waals surface area contributed by atoms with E-state index in [1.54, 1.807) is 22.0 Å². The Hall–Kier alpha value is -2.42. The molecule has 0 atom stereocenters. The van der Waals surface area contributed by atoms with Crippen LogP contribution in [0.2, 0.25) is 0 Å². The topological polar surface area (TPSA) is 58.4 Å². The highest BCUT2D eigenvalue weighted by Crippen LogP contribution is 2.34. The largest absolute Gasteiger partial charge is 0.339 e.